The van der Waals surface area contributed by atoms with Gasteiger partial charge in [0.1, 0.15) is 5.69 Å². The number of halogens is 2. The summed E-state index contributed by atoms with van der Waals surface area (Å²) in [5.41, 5.74) is 3.42. The molecule has 0 heterocycles. The molecular formula is C19H20F2N4O4S2. The van der Waals surface area contributed by atoms with Gasteiger partial charge in [0.25, 0.3) is 21.5 Å². The molecule has 0 aromatic heterocycles. The van der Waals surface area contributed by atoms with Crippen LogP contribution < -0.4 is 10.1 Å². The van der Waals surface area contributed by atoms with Crippen molar-refractivity contribution < 1.29 is 22.1 Å². The molecule has 1 saturated carbocycles. The van der Waals surface area contributed by atoms with Crippen LogP contribution >= 0.6 is 11.8 Å². The van der Waals surface area contributed by atoms with Crippen molar-refractivity contribution in [2.24, 2.45) is 5.10 Å². The van der Waals surface area contributed by atoms with E-state index < -0.39 is 26.4 Å². The number of anilines is 2. The maximum atomic E-state index is 12.6. The van der Waals surface area contributed by atoms with Crippen LogP contribution in [0.3, 0.4) is 0 Å². The number of hydrogen-bond donors (Lipinski definition) is 2. The molecule has 0 atom stereocenters. The summed E-state index contributed by atoms with van der Waals surface area (Å²) >= 11 is 0.340. The maximum Gasteiger partial charge on any atom is 0.295 e. The molecule has 0 amide bonds. The minimum Gasteiger partial charge on any atom is -0.280 e. The lowest BCUT2D eigenvalue weighted by atomic mass is 9.99. The summed E-state index contributed by atoms with van der Waals surface area (Å²) in [5, 5.41) is 15.7. The van der Waals surface area contributed by atoms with E-state index in [9.17, 15) is 27.3 Å². The van der Waals surface area contributed by atoms with E-state index in [0.29, 0.717) is 11.8 Å². The fourth-order valence-corrected chi connectivity index (χ4v) is 4.63. The fraction of sp³-hybridized carbons (Fsp3) is 0.316. The highest BCUT2D eigenvalue weighted by Crippen LogP contribution is 2.30. The van der Waals surface area contributed by atoms with Crippen molar-refractivity contribution in [2.45, 2.75) is 47.7 Å². The Balaban J connectivity index is 1.79. The lowest BCUT2D eigenvalue weighted by Crippen LogP contribution is -2.13. The molecule has 12 heteroatoms. The molecule has 2 aromatic carbocycles. The van der Waals surface area contributed by atoms with E-state index in [1.54, 1.807) is 0 Å². The molecule has 1 aliphatic carbocycles. The maximum absolute atomic E-state index is 12.6. The SMILES string of the molecule is O=[N+]([O-])c1cc(S(=O)(=O)Nc2ccc(SC(F)F)cc2)ccc1NN=C1CCCCC1. The normalized spacial score (nSPS) is 14.4. The molecule has 1 fully saturated rings. The van der Waals surface area contributed by atoms with Crippen molar-refractivity contribution in [3.8, 4) is 0 Å². The van der Waals surface area contributed by atoms with Crippen molar-refractivity contribution in [1.29, 1.82) is 0 Å². The van der Waals surface area contributed by atoms with Gasteiger partial charge in [-0.2, -0.15) is 13.9 Å². The summed E-state index contributed by atoms with van der Waals surface area (Å²) in [6.45, 7) is 0. The van der Waals surface area contributed by atoms with Gasteiger partial charge in [-0.15, -0.1) is 0 Å². The third-order valence-corrected chi connectivity index (χ3v) is 6.67. The highest BCUT2D eigenvalue weighted by Gasteiger charge is 2.22. The molecule has 8 nitrogen and oxygen atoms in total. The van der Waals surface area contributed by atoms with Crippen LogP contribution in [0.2, 0.25) is 0 Å². The van der Waals surface area contributed by atoms with Gasteiger partial charge in [-0.25, -0.2) is 8.42 Å². The molecular weight excluding hydrogens is 450 g/mol. The molecule has 2 N–H and O–H groups in total. The highest BCUT2D eigenvalue weighted by molar-refractivity contribution is 7.99. The van der Waals surface area contributed by atoms with Gasteiger partial charge in [0.15, 0.2) is 0 Å². The number of sulfonamides is 1. The molecule has 0 bridgehead atoms. The Bertz CT molecular complexity index is 1070. The van der Waals surface area contributed by atoms with E-state index in [-0.39, 0.29) is 21.2 Å². The molecule has 3 rings (SSSR count). The van der Waals surface area contributed by atoms with E-state index in [2.05, 4.69) is 15.2 Å². The van der Waals surface area contributed by atoms with Crippen LogP contribution in [0.5, 0.6) is 0 Å². The number of hydrogen-bond acceptors (Lipinski definition) is 7. The van der Waals surface area contributed by atoms with Gasteiger partial charge in [0.05, 0.1) is 9.82 Å². The predicted octanol–water partition coefficient (Wildman–Crippen LogP) is 5.44. The number of nitrogens with one attached hydrogen (secondary N) is 2. The van der Waals surface area contributed by atoms with Gasteiger partial charge >= 0.3 is 0 Å². The van der Waals surface area contributed by atoms with E-state index >= 15 is 0 Å². The van der Waals surface area contributed by atoms with Crippen molar-refractivity contribution >= 4 is 44.6 Å². The summed E-state index contributed by atoms with van der Waals surface area (Å²) < 4.78 is 52.4. The van der Waals surface area contributed by atoms with E-state index in [1.165, 1.54) is 36.4 Å². The molecule has 31 heavy (non-hydrogen) atoms. The number of hydrazone groups is 1. The summed E-state index contributed by atoms with van der Waals surface area (Å²) in [4.78, 5) is 10.8. The van der Waals surface area contributed by atoms with Crippen molar-refractivity contribution in [2.75, 3.05) is 10.1 Å². The van der Waals surface area contributed by atoms with Crippen molar-refractivity contribution in [1.82, 2.24) is 0 Å². The van der Waals surface area contributed by atoms with Crippen LogP contribution in [0, 0.1) is 10.1 Å². The number of nitrogens with zero attached hydrogens (tertiary/aromatic N) is 2. The molecule has 2 aromatic rings. The summed E-state index contributed by atoms with van der Waals surface area (Å²) in [6, 6.07) is 8.87. The van der Waals surface area contributed by atoms with Crippen LogP contribution in [-0.4, -0.2) is 24.8 Å². The number of benzene rings is 2. The Morgan fingerprint density at radius 3 is 2.35 bits per heavy atom. The molecule has 0 saturated heterocycles. The second-order valence-electron chi connectivity index (χ2n) is 6.79. The molecule has 166 valence electrons. The average molecular weight is 471 g/mol. The zero-order valence-corrected chi connectivity index (χ0v) is 17.9. The van der Waals surface area contributed by atoms with Crippen LogP contribution in [-0.2, 0) is 10.0 Å². The Morgan fingerprint density at radius 2 is 1.74 bits per heavy atom. The first kappa shape index (κ1) is 22.9. The monoisotopic (exact) mass is 470 g/mol. The van der Waals surface area contributed by atoms with Crippen LogP contribution in [0.1, 0.15) is 32.1 Å². The quantitative estimate of drug-likeness (QED) is 0.302. The first-order chi connectivity index (χ1) is 14.7. The zero-order chi connectivity index (χ0) is 22.4. The first-order valence-corrected chi connectivity index (χ1v) is 11.8. The Hall–Kier alpha value is -2.73. The standard InChI is InChI=1S/C19H20F2N4O4S2/c20-19(21)30-15-8-6-14(7-9-15)24-31(28,29)16-10-11-17(18(12-16)25(26)27)23-22-13-4-2-1-3-5-13/h6-12,19,23-24H,1-5H2. The zero-order valence-electron chi connectivity index (χ0n) is 16.3. The molecule has 0 aliphatic heterocycles. The topological polar surface area (TPSA) is 114 Å². The van der Waals surface area contributed by atoms with Gasteiger partial charge in [-0.3, -0.25) is 20.3 Å². The molecule has 0 radical (unpaired) electrons. The number of nitro benzene ring substituents is 1. The van der Waals surface area contributed by atoms with Crippen molar-refractivity contribution in [3.63, 3.8) is 0 Å². The fourth-order valence-electron chi connectivity index (χ4n) is 3.05. The van der Waals surface area contributed by atoms with Crippen molar-refractivity contribution in [3.05, 3.63) is 52.6 Å². The number of thioether (sulfide) groups is 1. The lowest BCUT2D eigenvalue weighted by molar-refractivity contribution is -0.384. The van der Waals surface area contributed by atoms with E-state index in [1.807, 2.05) is 0 Å². The minimum atomic E-state index is -4.13. The van der Waals surface area contributed by atoms with E-state index in [4.69, 9.17) is 0 Å². The Kier molecular flexibility index (Phi) is 7.44. The number of alkyl halides is 2. The molecule has 1 aliphatic rings. The van der Waals surface area contributed by atoms with E-state index in [0.717, 1.165) is 43.9 Å². The minimum absolute atomic E-state index is 0.0930. The van der Waals surface area contributed by atoms with Gasteiger partial charge in [-0.1, -0.05) is 18.2 Å². The van der Waals surface area contributed by atoms with Crippen LogP contribution in [0.15, 0.2) is 57.4 Å². The predicted molar refractivity (Wildman–Crippen MR) is 116 cm³/mol. The number of rotatable bonds is 8. The largest absolute Gasteiger partial charge is 0.295 e. The second kappa shape index (κ2) is 10.1. The lowest BCUT2D eigenvalue weighted by Gasteiger charge is -2.13. The van der Waals surface area contributed by atoms with Crippen LogP contribution in [0.25, 0.3) is 0 Å². The highest BCUT2D eigenvalue weighted by atomic mass is 32.2. The Labute approximate surface area is 182 Å². The summed E-state index contributed by atoms with van der Waals surface area (Å²) in [5.74, 6) is -2.58. The molecule has 0 unspecified atom stereocenters. The van der Waals surface area contributed by atoms with Gasteiger partial charge in [-0.05, 0) is 62.1 Å². The second-order valence-corrected chi connectivity index (χ2v) is 9.54. The summed E-state index contributed by atoms with van der Waals surface area (Å²) in [6.07, 6.45) is 4.82. The van der Waals surface area contributed by atoms with Gasteiger partial charge < -0.3 is 0 Å². The smallest absolute Gasteiger partial charge is 0.280 e. The summed E-state index contributed by atoms with van der Waals surface area (Å²) in [7, 11) is -4.13. The number of nitro groups is 1. The van der Waals surface area contributed by atoms with Crippen LogP contribution in [0.4, 0.5) is 25.8 Å². The van der Waals surface area contributed by atoms with Gasteiger partial charge in [0.2, 0.25) is 0 Å². The first-order valence-electron chi connectivity index (χ1n) is 9.42. The van der Waals surface area contributed by atoms with Gasteiger partial charge in [0, 0.05) is 22.4 Å². The average Bonchev–Trinajstić information content (AvgIpc) is 2.73. The molecule has 0 spiro atoms. The third-order valence-electron chi connectivity index (χ3n) is 4.57. The third kappa shape index (κ3) is 6.37. The Morgan fingerprint density at radius 1 is 1.06 bits per heavy atom.